The first kappa shape index (κ1) is 16.7. The fourth-order valence-corrected chi connectivity index (χ4v) is 2.70. The Kier molecular flexibility index (Phi) is 4.79. The predicted octanol–water partition coefficient (Wildman–Crippen LogP) is 2.63. The van der Waals surface area contributed by atoms with Crippen molar-refractivity contribution in [1.29, 1.82) is 0 Å². The number of benzene rings is 2. The molecule has 0 atom stereocenters. The van der Waals surface area contributed by atoms with Crippen LogP contribution in [0.25, 0.3) is 0 Å². The highest BCUT2D eigenvalue weighted by Crippen LogP contribution is 2.22. The Morgan fingerprint density at radius 2 is 1.64 bits per heavy atom. The van der Waals surface area contributed by atoms with Crippen LogP contribution in [-0.4, -0.2) is 40.9 Å². The van der Waals surface area contributed by atoms with Gasteiger partial charge in [-0.15, -0.1) is 0 Å². The molecular formula is C19H17NO5. The van der Waals surface area contributed by atoms with Gasteiger partial charge >= 0.3 is 5.97 Å². The Morgan fingerprint density at radius 1 is 0.960 bits per heavy atom. The Hall–Kier alpha value is -3.15. The predicted molar refractivity (Wildman–Crippen MR) is 89.4 cm³/mol. The van der Waals surface area contributed by atoms with Gasteiger partial charge in [0.05, 0.1) is 23.3 Å². The summed E-state index contributed by atoms with van der Waals surface area (Å²) >= 11 is 0. The summed E-state index contributed by atoms with van der Waals surface area (Å²) in [7, 11) is 0. The van der Waals surface area contributed by atoms with Gasteiger partial charge in [-0.3, -0.25) is 14.5 Å². The second-order valence-corrected chi connectivity index (χ2v) is 5.70. The lowest BCUT2D eigenvalue weighted by Crippen LogP contribution is -2.30. The normalized spacial score (nSPS) is 13.0. The highest BCUT2D eigenvalue weighted by Gasteiger charge is 2.34. The third-order valence-electron chi connectivity index (χ3n) is 3.97. The van der Waals surface area contributed by atoms with Crippen LogP contribution >= 0.6 is 0 Å². The van der Waals surface area contributed by atoms with Crippen LogP contribution in [0.2, 0.25) is 0 Å². The maximum Gasteiger partial charge on any atom is 0.338 e. The molecule has 128 valence electrons. The molecule has 6 heteroatoms. The van der Waals surface area contributed by atoms with E-state index in [1.54, 1.807) is 36.4 Å². The number of ether oxygens (including phenoxy) is 1. The number of hydrogen-bond donors (Lipinski definition) is 1. The Balaban J connectivity index is 1.44. The van der Waals surface area contributed by atoms with Crippen LogP contribution in [0, 0.1) is 0 Å². The first-order valence-corrected chi connectivity index (χ1v) is 7.99. The van der Waals surface area contributed by atoms with Crippen molar-refractivity contribution >= 4 is 17.8 Å². The van der Waals surface area contributed by atoms with Gasteiger partial charge in [0.15, 0.2) is 0 Å². The summed E-state index contributed by atoms with van der Waals surface area (Å²) in [6.07, 6.45) is 1.07. The van der Waals surface area contributed by atoms with E-state index in [9.17, 15) is 19.5 Å². The second kappa shape index (κ2) is 7.17. The van der Waals surface area contributed by atoms with Crippen molar-refractivity contribution < 1.29 is 24.2 Å². The Morgan fingerprint density at radius 3 is 2.28 bits per heavy atom. The standard InChI is InChI=1S/C19H17NO5/c21-14-7-5-6-13(12-14)19(24)25-11-4-3-10-20-17(22)15-8-1-2-9-16(15)18(20)23/h1-2,5-9,12,21H,3-4,10-11H2. The average Bonchev–Trinajstić information content (AvgIpc) is 2.86. The van der Waals surface area contributed by atoms with Crippen molar-refractivity contribution in [2.24, 2.45) is 0 Å². The second-order valence-electron chi connectivity index (χ2n) is 5.70. The molecule has 0 aliphatic carbocycles. The maximum absolute atomic E-state index is 12.2. The molecule has 0 fully saturated rings. The van der Waals surface area contributed by atoms with Crippen LogP contribution < -0.4 is 0 Å². The van der Waals surface area contributed by atoms with Crippen molar-refractivity contribution in [3.8, 4) is 5.75 Å². The number of carbonyl (C=O) groups is 3. The number of imide groups is 1. The van der Waals surface area contributed by atoms with Crippen LogP contribution in [0.5, 0.6) is 5.75 Å². The van der Waals surface area contributed by atoms with Crippen molar-refractivity contribution in [3.05, 3.63) is 65.2 Å². The van der Waals surface area contributed by atoms with E-state index in [1.807, 2.05) is 0 Å². The van der Waals surface area contributed by atoms with E-state index in [1.165, 1.54) is 17.0 Å². The van der Waals surface area contributed by atoms with E-state index in [2.05, 4.69) is 0 Å². The number of unbranched alkanes of at least 4 members (excludes halogenated alkanes) is 1. The number of rotatable bonds is 6. The summed E-state index contributed by atoms with van der Waals surface area (Å²) in [4.78, 5) is 37.4. The van der Waals surface area contributed by atoms with E-state index >= 15 is 0 Å². The quantitative estimate of drug-likeness (QED) is 0.497. The third-order valence-corrected chi connectivity index (χ3v) is 3.97. The number of aromatic hydroxyl groups is 1. The summed E-state index contributed by atoms with van der Waals surface area (Å²) in [6, 6.07) is 12.7. The minimum Gasteiger partial charge on any atom is -0.508 e. The van der Waals surface area contributed by atoms with Gasteiger partial charge in [0.25, 0.3) is 11.8 Å². The maximum atomic E-state index is 12.2. The van der Waals surface area contributed by atoms with Crippen LogP contribution in [0.4, 0.5) is 0 Å². The number of fused-ring (bicyclic) bond motifs is 1. The number of phenolic OH excluding ortho intramolecular Hbond substituents is 1. The molecule has 1 N–H and O–H groups in total. The number of hydrogen-bond acceptors (Lipinski definition) is 5. The lowest BCUT2D eigenvalue weighted by molar-refractivity contribution is 0.0485. The van der Waals surface area contributed by atoms with Crippen LogP contribution in [0.1, 0.15) is 43.9 Å². The van der Waals surface area contributed by atoms with Crippen molar-refractivity contribution in [3.63, 3.8) is 0 Å². The zero-order valence-corrected chi connectivity index (χ0v) is 13.5. The zero-order chi connectivity index (χ0) is 17.8. The fourth-order valence-electron chi connectivity index (χ4n) is 2.70. The molecule has 0 saturated carbocycles. The number of amides is 2. The minimum atomic E-state index is -0.517. The van der Waals surface area contributed by atoms with Gasteiger partial charge in [-0.05, 0) is 43.2 Å². The molecule has 0 bridgehead atoms. The molecule has 1 heterocycles. The van der Waals surface area contributed by atoms with Gasteiger partial charge in [0.1, 0.15) is 5.75 Å². The van der Waals surface area contributed by atoms with E-state index in [4.69, 9.17) is 4.74 Å². The van der Waals surface area contributed by atoms with Crippen LogP contribution in [-0.2, 0) is 4.74 Å². The molecule has 0 radical (unpaired) electrons. The van der Waals surface area contributed by atoms with Gasteiger partial charge in [-0.2, -0.15) is 0 Å². The Labute approximate surface area is 144 Å². The fraction of sp³-hybridized carbons (Fsp3) is 0.211. The first-order chi connectivity index (χ1) is 12.1. The van der Waals surface area contributed by atoms with Gasteiger partial charge in [0.2, 0.25) is 0 Å². The van der Waals surface area contributed by atoms with Crippen LogP contribution in [0.3, 0.4) is 0 Å². The van der Waals surface area contributed by atoms with Crippen LogP contribution in [0.15, 0.2) is 48.5 Å². The van der Waals surface area contributed by atoms with E-state index in [0.717, 1.165) is 0 Å². The molecule has 1 aliphatic heterocycles. The summed E-state index contributed by atoms with van der Waals surface area (Å²) in [6.45, 7) is 0.466. The average molecular weight is 339 g/mol. The summed E-state index contributed by atoms with van der Waals surface area (Å²) in [5, 5.41) is 9.34. The summed E-state index contributed by atoms with van der Waals surface area (Å²) in [5.41, 5.74) is 1.14. The molecule has 0 unspecified atom stereocenters. The molecule has 6 nitrogen and oxygen atoms in total. The summed E-state index contributed by atoms with van der Waals surface area (Å²) < 4.78 is 5.12. The molecule has 0 spiro atoms. The monoisotopic (exact) mass is 339 g/mol. The molecule has 2 aromatic rings. The molecule has 25 heavy (non-hydrogen) atoms. The largest absolute Gasteiger partial charge is 0.508 e. The van der Waals surface area contributed by atoms with E-state index < -0.39 is 5.97 Å². The molecule has 0 aromatic heterocycles. The third kappa shape index (κ3) is 3.52. The zero-order valence-electron chi connectivity index (χ0n) is 13.5. The van der Waals surface area contributed by atoms with E-state index in [-0.39, 0.29) is 36.3 Å². The Bertz CT molecular complexity index is 795. The van der Waals surface area contributed by atoms with Gasteiger partial charge < -0.3 is 9.84 Å². The number of phenols is 1. The molecule has 2 aromatic carbocycles. The number of nitrogens with zero attached hydrogens (tertiary/aromatic N) is 1. The summed E-state index contributed by atoms with van der Waals surface area (Å²) in [5.74, 6) is -1.08. The highest BCUT2D eigenvalue weighted by atomic mass is 16.5. The number of carbonyl (C=O) groups excluding carboxylic acids is 3. The van der Waals surface area contributed by atoms with Crippen molar-refractivity contribution in [2.75, 3.05) is 13.2 Å². The SMILES string of the molecule is O=C(OCCCCN1C(=O)c2ccccc2C1=O)c1cccc(O)c1. The minimum absolute atomic E-state index is 0.0000689. The van der Waals surface area contributed by atoms with Crippen molar-refractivity contribution in [1.82, 2.24) is 4.90 Å². The van der Waals surface area contributed by atoms with Gasteiger partial charge in [-0.1, -0.05) is 18.2 Å². The lowest BCUT2D eigenvalue weighted by Gasteiger charge is -2.13. The molecular weight excluding hydrogens is 322 g/mol. The molecule has 3 rings (SSSR count). The first-order valence-electron chi connectivity index (χ1n) is 7.99. The molecule has 2 amide bonds. The number of esters is 1. The van der Waals surface area contributed by atoms with E-state index in [0.29, 0.717) is 24.0 Å². The molecule has 1 aliphatic rings. The lowest BCUT2D eigenvalue weighted by atomic mass is 10.1. The van der Waals surface area contributed by atoms with Crippen molar-refractivity contribution in [2.45, 2.75) is 12.8 Å². The highest BCUT2D eigenvalue weighted by molar-refractivity contribution is 6.21. The molecule has 0 saturated heterocycles. The van der Waals surface area contributed by atoms with Gasteiger partial charge in [-0.25, -0.2) is 4.79 Å². The van der Waals surface area contributed by atoms with Gasteiger partial charge in [0, 0.05) is 6.54 Å². The topological polar surface area (TPSA) is 83.9 Å². The smallest absolute Gasteiger partial charge is 0.338 e.